The molecule has 0 aliphatic carbocycles. The fourth-order valence-electron chi connectivity index (χ4n) is 4.17. The maximum absolute atomic E-state index is 12.0. The summed E-state index contributed by atoms with van der Waals surface area (Å²) in [5.74, 6) is 1.78. The number of carbonyl (C=O) groups excluding carboxylic acids is 1. The fourth-order valence-corrected chi connectivity index (χ4v) is 4.17. The lowest BCUT2D eigenvalue weighted by Gasteiger charge is -2.19. The van der Waals surface area contributed by atoms with Gasteiger partial charge in [0.1, 0.15) is 28.8 Å². The topological polar surface area (TPSA) is 83.7 Å². The van der Waals surface area contributed by atoms with Crippen molar-refractivity contribution >= 4 is 17.1 Å². The summed E-state index contributed by atoms with van der Waals surface area (Å²) in [6.45, 7) is 7.64. The number of aromatic nitrogens is 2. The quantitative estimate of drug-likeness (QED) is 0.167. The summed E-state index contributed by atoms with van der Waals surface area (Å²) in [6.07, 6.45) is 4.09. The van der Waals surface area contributed by atoms with Crippen molar-refractivity contribution < 1.29 is 23.4 Å². The molecular weight excluding hydrogens is 468 g/mol. The summed E-state index contributed by atoms with van der Waals surface area (Å²) in [5, 5.41) is 0.729. The Kier molecular flexibility index (Phi) is 8.11. The Hall–Kier alpha value is -3.87. The van der Waals surface area contributed by atoms with Crippen LogP contribution in [-0.4, -0.2) is 34.8 Å². The second kappa shape index (κ2) is 11.5. The van der Waals surface area contributed by atoms with E-state index in [2.05, 4.69) is 9.97 Å². The van der Waals surface area contributed by atoms with Gasteiger partial charge in [0.25, 0.3) is 0 Å². The number of hydrogen-bond donors (Lipinski definition) is 0. The molecule has 4 rings (SSSR count). The van der Waals surface area contributed by atoms with Gasteiger partial charge in [0.2, 0.25) is 11.6 Å². The molecule has 2 aromatic carbocycles. The van der Waals surface area contributed by atoms with Crippen molar-refractivity contribution in [2.75, 3.05) is 7.11 Å². The van der Waals surface area contributed by atoms with Crippen molar-refractivity contribution in [3.8, 4) is 34.1 Å². The van der Waals surface area contributed by atoms with E-state index in [1.807, 2.05) is 82.3 Å². The van der Waals surface area contributed by atoms with Crippen LogP contribution in [0, 0.1) is 0 Å². The molecular formula is C30H34N2O5. The molecule has 7 heteroatoms. The molecule has 37 heavy (non-hydrogen) atoms. The van der Waals surface area contributed by atoms with E-state index in [4.69, 9.17) is 18.6 Å². The molecule has 194 valence electrons. The number of furan rings is 1. The smallest absolute Gasteiger partial charge is 0.306 e. The average Bonchev–Trinajstić information content (AvgIpc) is 3.27. The first-order valence-electron chi connectivity index (χ1n) is 12.6. The predicted molar refractivity (Wildman–Crippen MR) is 144 cm³/mol. The van der Waals surface area contributed by atoms with Gasteiger partial charge in [-0.1, -0.05) is 42.5 Å². The Morgan fingerprint density at radius 3 is 2.38 bits per heavy atom. The van der Waals surface area contributed by atoms with Crippen molar-refractivity contribution in [3.63, 3.8) is 0 Å². The molecule has 0 radical (unpaired) electrons. The summed E-state index contributed by atoms with van der Waals surface area (Å²) in [5.41, 5.74) is 2.76. The van der Waals surface area contributed by atoms with Crippen LogP contribution in [0.1, 0.15) is 53.4 Å². The van der Waals surface area contributed by atoms with Crippen LogP contribution in [0.3, 0.4) is 0 Å². The molecule has 7 nitrogen and oxygen atoms in total. The van der Waals surface area contributed by atoms with Crippen LogP contribution in [0.15, 0.2) is 65.3 Å². The Morgan fingerprint density at radius 1 is 0.973 bits per heavy atom. The highest BCUT2D eigenvalue weighted by Crippen LogP contribution is 2.43. The largest absolute Gasteiger partial charge is 0.497 e. The molecule has 0 saturated carbocycles. The summed E-state index contributed by atoms with van der Waals surface area (Å²) in [7, 11) is 1.65. The molecule has 0 spiro atoms. The third kappa shape index (κ3) is 6.67. The van der Waals surface area contributed by atoms with Crippen LogP contribution in [-0.2, 0) is 9.53 Å². The van der Waals surface area contributed by atoms with Crippen molar-refractivity contribution in [3.05, 3.63) is 60.9 Å². The zero-order valence-electron chi connectivity index (χ0n) is 22.1. The van der Waals surface area contributed by atoms with Gasteiger partial charge >= 0.3 is 5.97 Å². The molecule has 1 unspecified atom stereocenters. The standard InChI is InChI=1S/C30H34N2O5/c1-20(11-9-10-14-24(33)37-30(2,3)4)35-28-26-25(21-15-17-23(34-5)18-16-21)27(22-12-7-6-8-13-22)36-29(26)32-19-31-28/h6-8,12-13,15-20H,9-11,14H2,1-5H3. The van der Waals surface area contributed by atoms with Gasteiger partial charge in [0.15, 0.2) is 0 Å². The molecule has 0 saturated heterocycles. The lowest BCUT2D eigenvalue weighted by molar-refractivity contribution is -0.154. The lowest BCUT2D eigenvalue weighted by Crippen LogP contribution is -2.23. The second-order valence-corrected chi connectivity index (χ2v) is 10.0. The second-order valence-electron chi connectivity index (χ2n) is 10.0. The number of unbranched alkanes of at least 4 members (excludes halogenated alkanes) is 1. The molecule has 0 aliphatic heterocycles. The molecule has 0 aliphatic rings. The van der Waals surface area contributed by atoms with Crippen LogP contribution < -0.4 is 9.47 Å². The Bertz CT molecular complexity index is 1320. The third-order valence-electron chi connectivity index (χ3n) is 5.84. The van der Waals surface area contributed by atoms with Crippen LogP contribution in [0.5, 0.6) is 11.6 Å². The SMILES string of the molecule is COc1ccc(-c2c(-c3ccccc3)oc3ncnc(OC(C)CCCCC(=O)OC(C)(C)C)c23)cc1. The van der Waals surface area contributed by atoms with E-state index in [0.717, 1.165) is 47.1 Å². The first kappa shape index (κ1) is 26.2. The average molecular weight is 503 g/mol. The number of hydrogen-bond acceptors (Lipinski definition) is 7. The molecule has 2 heterocycles. The highest BCUT2D eigenvalue weighted by molar-refractivity contribution is 6.03. The highest BCUT2D eigenvalue weighted by atomic mass is 16.6. The maximum Gasteiger partial charge on any atom is 0.306 e. The molecule has 0 fully saturated rings. The van der Waals surface area contributed by atoms with E-state index in [1.54, 1.807) is 7.11 Å². The van der Waals surface area contributed by atoms with Gasteiger partial charge in [-0.15, -0.1) is 0 Å². The van der Waals surface area contributed by atoms with Gasteiger partial charge < -0.3 is 18.6 Å². The first-order chi connectivity index (χ1) is 17.7. The number of benzene rings is 2. The predicted octanol–water partition coefficient (Wildman–Crippen LogP) is 7.23. The minimum atomic E-state index is -0.462. The molecule has 0 N–H and O–H groups in total. The molecule has 0 amide bonds. The minimum Gasteiger partial charge on any atom is -0.497 e. The molecule has 2 aromatic heterocycles. The zero-order valence-corrected chi connectivity index (χ0v) is 22.1. The van der Waals surface area contributed by atoms with Gasteiger partial charge in [0, 0.05) is 17.5 Å². The zero-order chi connectivity index (χ0) is 26.4. The van der Waals surface area contributed by atoms with E-state index in [0.29, 0.717) is 23.8 Å². The van der Waals surface area contributed by atoms with Crippen molar-refractivity contribution in [1.82, 2.24) is 9.97 Å². The number of carbonyl (C=O) groups is 1. The van der Waals surface area contributed by atoms with Gasteiger partial charge in [-0.3, -0.25) is 4.79 Å². The van der Waals surface area contributed by atoms with Gasteiger partial charge in [-0.25, -0.2) is 9.97 Å². The first-order valence-corrected chi connectivity index (χ1v) is 12.6. The van der Waals surface area contributed by atoms with E-state index >= 15 is 0 Å². The van der Waals surface area contributed by atoms with Crippen molar-refractivity contribution in [2.45, 2.75) is 65.1 Å². The molecule has 4 aromatic rings. The summed E-state index contributed by atoms with van der Waals surface area (Å²) < 4.78 is 23.3. The van der Waals surface area contributed by atoms with Crippen LogP contribution in [0.25, 0.3) is 33.6 Å². The van der Waals surface area contributed by atoms with Crippen LogP contribution in [0.2, 0.25) is 0 Å². The van der Waals surface area contributed by atoms with Gasteiger partial charge in [0.05, 0.1) is 13.2 Å². The van der Waals surface area contributed by atoms with E-state index < -0.39 is 5.60 Å². The maximum atomic E-state index is 12.0. The number of methoxy groups -OCH3 is 1. The third-order valence-corrected chi connectivity index (χ3v) is 5.84. The van der Waals surface area contributed by atoms with Crippen LogP contribution in [0.4, 0.5) is 0 Å². The van der Waals surface area contributed by atoms with E-state index in [9.17, 15) is 4.79 Å². The number of esters is 1. The number of rotatable bonds is 10. The number of ether oxygens (including phenoxy) is 3. The molecule has 1 atom stereocenters. The lowest BCUT2D eigenvalue weighted by atomic mass is 9.99. The fraction of sp³-hybridized carbons (Fsp3) is 0.367. The Morgan fingerprint density at radius 2 is 1.70 bits per heavy atom. The van der Waals surface area contributed by atoms with Crippen LogP contribution >= 0.6 is 0 Å². The van der Waals surface area contributed by atoms with E-state index in [-0.39, 0.29) is 12.1 Å². The minimum absolute atomic E-state index is 0.115. The summed E-state index contributed by atoms with van der Waals surface area (Å²) in [6, 6.07) is 17.8. The number of fused-ring (bicyclic) bond motifs is 1. The summed E-state index contributed by atoms with van der Waals surface area (Å²) in [4.78, 5) is 20.9. The Labute approximate surface area is 217 Å². The number of nitrogens with zero attached hydrogens (tertiary/aromatic N) is 2. The van der Waals surface area contributed by atoms with Gasteiger partial charge in [-0.05, 0) is 64.7 Å². The van der Waals surface area contributed by atoms with Crippen molar-refractivity contribution in [2.24, 2.45) is 0 Å². The van der Waals surface area contributed by atoms with Crippen molar-refractivity contribution in [1.29, 1.82) is 0 Å². The summed E-state index contributed by atoms with van der Waals surface area (Å²) >= 11 is 0. The highest BCUT2D eigenvalue weighted by Gasteiger charge is 2.24. The van der Waals surface area contributed by atoms with Gasteiger partial charge in [-0.2, -0.15) is 0 Å². The van der Waals surface area contributed by atoms with E-state index in [1.165, 1.54) is 6.33 Å². The molecule has 0 bridgehead atoms. The monoisotopic (exact) mass is 502 g/mol. The normalized spacial score (nSPS) is 12.4. The Balaban J connectivity index is 1.58.